The van der Waals surface area contributed by atoms with Crippen LogP contribution in [0.25, 0.3) is 0 Å². The third-order valence-corrected chi connectivity index (χ3v) is 5.16. The van der Waals surface area contributed by atoms with Crippen LogP contribution in [0.1, 0.15) is 38.5 Å². The summed E-state index contributed by atoms with van der Waals surface area (Å²) in [7, 11) is 1.64. The average Bonchev–Trinajstić information content (AvgIpc) is 2.86. The first-order chi connectivity index (χ1) is 10.3. The van der Waals surface area contributed by atoms with Crippen molar-refractivity contribution in [3.05, 3.63) is 10.5 Å². The monoisotopic (exact) mass is 310 g/mol. The zero-order valence-corrected chi connectivity index (χ0v) is 13.2. The van der Waals surface area contributed by atoms with Crippen molar-refractivity contribution in [1.82, 2.24) is 14.8 Å². The van der Waals surface area contributed by atoms with E-state index in [2.05, 4.69) is 16.3 Å². The Morgan fingerprint density at radius 2 is 2.29 bits per heavy atom. The van der Waals surface area contributed by atoms with E-state index in [9.17, 15) is 10.1 Å². The molecule has 1 saturated carbocycles. The van der Waals surface area contributed by atoms with E-state index in [1.807, 2.05) is 0 Å². The molecule has 1 fully saturated rings. The van der Waals surface area contributed by atoms with Crippen molar-refractivity contribution >= 4 is 11.8 Å². The Hall–Kier alpha value is -1.26. The van der Waals surface area contributed by atoms with Gasteiger partial charge in [-0.1, -0.05) is 31.0 Å². The zero-order valence-electron chi connectivity index (χ0n) is 12.4. The van der Waals surface area contributed by atoms with Gasteiger partial charge in [0.2, 0.25) is 0 Å². The molecule has 0 spiro atoms. The van der Waals surface area contributed by atoms with Gasteiger partial charge in [0.1, 0.15) is 5.25 Å². The number of ether oxygens (including phenoxy) is 1. The molecule has 1 N–H and O–H groups in total. The van der Waals surface area contributed by atoms with Crippen molar-refractivity contribution in [2.24, 2.45) is 5.92 Å². The maximum atomic E-state index is 11.8. The molecule has 116 valence electrons. The fourth-order valence-electron chi connectivity index (χ4n) is 2.74. The quantitative estimate of drug-likeness (QED) is 0.616. The van der Waals surface area contributed by atoms with Crippen LogP contribution >= 0.6 is 11.8 Å². The van der Waals surface area contributed by atoms with Gasteiger partial charge in [-0.05, 0) is 25.2 Å². The lowest BCUT2D eigenvalue weighted by molar-refractivity contribution is 0.189. The van der Waals surface area contributed by atoms with Crippen LogP contribution in [0, 0.1) is 17.2 Å². The van der Waals surface area contributed by atoms with E-state index in [0.29, 0.717) is 24.2 Å². The highest BCUT2D eigenvalue weighted by molar-refractivity contribution is 8.00. The minimum absolute atomic E-state index is 0.123. The highest BCUT2D eigenvalue weighted by Gasteiger charge is 2.26. The smallest absolute Gasteiger partial charge is 0.343 e. The predicted octanol–water partition coefficient (Wildman–Crippen LogP) is 2.17. The fraction of sp³-hybridized carbons (Fsp3) is 0.786. The Labute approximate surface area is 128 Å². The standard InChI is InChI=1S/C14H22N4O2S/c1-20-9-5-8-18-13(19)16-17-14(18)21-12(10-15)11-6-3-2-4-7-11/h11-12H,2-9H2,1H3,(H,16,19)/t12-/m0/s1. The Morgan fingerprint density at radius 3 is 2.95 bits per heavy atom. The van der Waals surface area contributed by atoms with E-state index in [-0.39, 0.29) is 10.9 Å². The molecule has 0 radical (unpaired) electrons. The van der Waals surface area contributed by atoms with Crippen LogP contribution in [-0.2, 0) is 11.3 Å². The van der Waals surface area contributed by atoms with Crippen LogP contribution in [0.5, 0.6) is 0 Å². The number of thioether (sulfide) groups is 1. The summed E-state index contributed by atoms with van der Waals surface area (Å²) < 4.78 is 6.62. The molecule has 7 heteroatoms. The predicted molar refractivity (Wildman–Crippen MR) is 81.2 cm³/mol. The molecule has 0 unspecified atom stereocenters. The van der Waals surface area contributed by atoms with Crippen LogP contribution in [0.4, 0.5) is 0 Å². The van der Waals surface area contributed by atoms with Gasteiger partial charge < -0.3 is 4.74 Å². The van der Waals surface area contributed by atoms with Crippen LogP contribution in [-0.4, -0.2) is 33.7 Å². The SMILES string of the molecule is COCCCn1c(S[C@@H](C#N)C2CCCCC2)n[nH]c1=O. The summed E-state index contributed by atoms with van der Waals surface area (Å²) in [5.74, 6) is 0.410. The lowest BCUT2D eigenvalue weighted by Gasteiger charge is -2.24. The summed E-state index contributed by atoms with van der Waals surface area (Å²) in [5, 5.41) is 16.5. The van der Waals surface area contributed by atoms with E-state index in [1.165, 1.54) is 31.0 Å². The molecular weight excluding hydrogens is 288 g/mol. The van der Waals surface area contributed by atoms with Gasteiger partial charge in [0.05, 0.1) is 6.07 Å². The molecule has 1 aliphatic carbocycles. The van der Waals surface area contributed by atoms with Gasteiger partial charge in [0.25, 0.3) is 0 Å². The molecule has 0 bridgehead atoms. The Morgan fingerprint density at radius 1 is 1.52 bits per heavy atom. The van der Waals surface area contributed by atoms with Crippen molar-refractivity contribution in [3.8, 4) is 6.07 Å². The lowest BCUT2D eigenvalue weighted by atomic mass is 9.87. The van der Waals surface area contributed by atoms with Gasteiger partial charge in [0.15, 0.2) is 5.16 Å². The number of rotatable bonds is 7. The molecule has 0 saturated heterocycles. The van der Waals surface area contributed by atoms with Gasteiger partial charge in [-0.25, -0.2) is 9.89 Å². The van der Waals surface area contributed by atoms with E-state index < -0.39 is 0 Å². The van der Waals surface area contributed by atoms with Gasteiger partial charge in [-0.3, -0.25) is 4.57 Å². The van der Waals surface area contributed by atoms with Gasteiger partial charge in [-0.2, -0.15) is 5.26 Å². The number of hydrogen-bond donors (Lipinski definition) is 1. The fourth-order valence-corrected chi connectivity index (χ4v) is 3.88. The highest BCUT2D eigenvalue weighted by Crippen LogP contribution is 2.34. The summed E-state index contributed by atoms with van der Waals surface area (Å²) in [6.07, 6.45) is 6.62. The van der Waals surface area contributed by atoms with Crippen molar-refractivity contribution in [1.29, 1.82) is 5.26 Å². The summed E-state index contributed by atoms with van der Waals surface area (Å²) in [5.41, 5.74) is -0.214. The Bertz CT molecular complexity index is 528. The molecule has 6 nitrogen and oxygen atoms in total. The number of aromatic amines is 1. The third kappa shape index (κ3) is 4.35. The zero-order chi connectivity index (χ0) is 15.1. The Kier molecular flexibility index (Phi) is 6.33. The number of H-pyrrole nitrogens is 1. The lowest BCUT2D eigenvalue weighted by Crippen LogP contribution is -2.22. The number of nitrogens with zero attached hydrogens (tertiary/aromatic N) is 3. The molecule has 1 aromatic heterocycles. The minimum Gasteiger partial charge on any atom is -0.385 e. The highest BCUT2D eigenvalue weighted by atomic mass is 32.2. The summed E-state index contributed by atoms with van der Waals surface area (Å²) in [6.45, 7) is 1.17. The molecular formula is C14H22N4O2S. The van der Waals surface area contributed by atoms with Crippen molar-refractivity contribution in [2.45, 2.75) is 55.5 Å². The molecule has 1 atom stereocenters. The van der Waals surface area contributed by atoms with Crippen molar-refractivity contribution in [3.63, 3.8) is 0 Å². The van der Waals surface area contributed by atoms with Crippen LogP contribution in [0.15, 0.2) is 9.95 Å². The normalized spacial score (nSPS) is 17.5. The van der Waals surface area contributed by atoms with Crippen LogP contribution < -0.4 is 5.69 Å². The number of nitriles is 1. The molecule has 0 aromatic carbocycles. The molecule has 1 aliphatic rings. The van der Waals surface area contributed by atoms with E-state index in [1.54, 1.807) is 11.7 Å². The number of hydrogen-bond acceptors (Lipinski definition) is 5. The Balaban J connectivity index is 2.03. The van der Waals surface area contributed by atoms with Crippen molar-refractivity contribution in [2.75, 3.05) is 13.7 Å². The van der Waals surface area contributed by atoms with Gasteiger partial charge in [-0.15, -0.1) is 5.10 Å². The third-order valence-electron chi connectivity index (χ3n) is 3.89. The minimum atomic E-state index is -0.214. The second-order valence-electron chi connectivity index (χ2n) is 5.37. The molecule has 2 rings (SSSR count). The summed E-state index contributed by atoms with van der Waals surface area (Å²) in [6, 6.07) is 2.39. The number of nitrogens with one attached hydrogen (secondary N) is 1. The van der Waals surface area contributed by atoms with Gasteiger partial charge in [0, 0.05) is 20.3 Å². The first-order valence-corrected chi connectivity index (χ1v) is 8.34. The summed E-state index contributed by atoms with van der Waals surface area (Å²) >= 11 is 1.42. The maximum Gasteiger partial charge on any atom is 0.343 e. The second-order valence-corrected chi connectivity index (χ2v) is 6.48. The van der Waals surface area contributed by atoms with Crippen molar-refractivity contribution < 1.29 is 4.74 Å². The maximum absolute atomic E-state index is 11.8. The van der Waals surface area contributed by atoms with Gasteiger partial charge >= 0.3 is 5.69 Å². The van der Waals surface area contributed by atoms with Crippen LogP contribution in [0.2, 0.25) is 0 Å². The molecule has 0 amide bonds. The largest absolute Gasteiger partial charge is 0.385 e. The number of aromatic nitrogens is 3. The first kappa shape index (κ1) is 16.1. The first-order valence-electron chi connectivity index (χ1n) is 7.46. The summed E-state index contributed by atoms with van der Waals surface area (Å²) in [4.78, 5) is 11.8. The van der Waals surface area contributed by atoms with E-state index >= 15 is 0 Å². The second kappa shape index (κ2) is 8.25. The van der Waals surface area contributed by atoms with E-state index in [0.717, 1.165) is 19.3 Å². The molecule has 0 aliphatic heterocycles. The van der Waals surface area contributed by atoms with E-state index in [4.69, 9.17) is 4.74 Å². The topological polar surface area (TPSA) is 83.7 Å². The molecule has 21 heavy (non-hydrogen) atoms. The molecule has 1 aromatic rings. The average molecular weight is 310 g/mol. The van der Waals surface area contributed by atoms with Crippen LogP contribution in [0.3, 0.4) is 0 Å². The number of methoxy groups -OCH3 is 1. The molecule has 1 heterocycles.